The molecule has 5 nitrogen and oxygen atoms in total. The molecule has 2 aliphatic rings. The SMILES string of the molecule is CC1(C)CC(OC(=O)c2cccc3ccc(-c4ccc5ccc(C(=O)OC6CC(C)(C)NC(C)(C)C6)cc5c4)cc23)CC(C)(C)C1. The van der Waals surface area contributed by atoms with Crippen LogP contribution in [0.4, 0.5) is 0 Å². The first-order valence-corrected chi connectivity index (χ1v) is 16.8. The van der Waals surface area contributed by atoms with Gasteiger partial charge >= 0.3 is 11.9 Å². The fraction of sp³-hybridized carbons (Fsp3) is 0.463. The van der Waals surface area contributed by atoms with Crippen molar-refractivity contribution in [1.82, 2.24) is 5.32 Å². The summed E-state index contributed by atoms with van der Waals surface area (Å²) in [6.45, 7) is 17.7. The van der Waals surface area contributed by atoms with Crippen LogP contribution in [0.15, 0.2) is 72.8 Å². The number of carbonyl (C=O) groups excluding carboxylic acids is 2. The summed E-state index contributed by atoms with van der Waals surface area (Å²) in [7, 11) is 0. The molecule has 4 aromatic carbocycles. The van der Waals surface area contributed by atoms with Crippen LogP contribution in [0.5, 0.6) is 0 Å². The van der Waals surface area contributed by atoms with E-state index in [2.05, 4.69) is 97.1 Å². The maximum Gasteiger partial charge on any atom is 0.339 e. The molecule has 0 aromatic heterocycles. The van der Waals surface area contributed by atoms with Crippen molar-refractivity contribution in [2.24, 2.45) is 10.8 Å². The average molecular weight is 620 g/mol. The van der Waals surface area contributed by atoms with Gasteiger partial charge in [-0.25, -0.2) is 9.59 Å². The van der Waals surface area contributed by atoms with Gasteiger partial charge in [0.05, 0.1) is 11.1 Å². The second-order valence-corrected chi connectivity index (χ2v) is 16.8. The highest BCUT2D eigenvalue weighted by molar-refractivity contribution is 6.06. The number of rotatable bonds is 5. The van der Waals surface area contributed by atoms with Crippen LogP contribution in [0.3, 0.4) is 0 Å². The van der Waals surface area contributed by atoms with E-state index >= 15 is 0 Å². The van der Waals surface area contributed by atoms with Crippen molar-refractivity contribution in [2.45, 2.75) is 111 Å². The first-order chi connectivity index (χ1) is 21.5. The van der Waals surface area contributed by atoms with Crippen LogP contribution in [0.2, 0.25) is 0 Å². The Kier molecular flexibility index (Phi) is 8.08. The monoisotopic (exact) mass is 619 g/mol. The van der Waals surface area contributed by atoms with Crippen molar-refractivity contribution >= 4 is 33.5 Å². The van der Waals surface area contributed by atoms with Gasteiger partial charge in [0.25, 0.3) is 0 Å². The highest BCUT2D eigenvalue weighted by Crippen LogP contribution is 2.47. The number of nitrogens with one attached hydrogen (secondary N) is 1. The summed E-state index contributed by atoms with van der Waals surface area (Å²) in [6, 6.07) is 24.1. The van der Waals surface area contributed by atoms with E-state index in [1.165, 1.54) is 0 Å². The summed E-state index contributed by atoms with van der Waals surface area (Å²) >= 11 is 0. The van der Waals surface area contributed by atoms with Crippen LogP contribution in [-0.2, 0) is 9.47 Å². The average Bonchev–Trinajstić information content (AvgIpc) is 2.92. The molecule has 0 bridgehead atoms. The number of fused-ring (bicyclic) bond motifs is 2. The molecular formula is C41H49NO4. The molecule has 1 saturated carbocycles. The Morgan fingerprint density at radius 1 is 0.609 bits per heavy atom. The summed E-state index contributed by atoms with van der Waals surface area (Å²) in [5.74, 6) is -0.548. The van der Waals surface area contributed by atoms with Gasteiger partial charge in [0.15, 0.2) is 0 Å². The Bertz CT molecular complexity index is 1780. The number of benzene rings is 4. The summed E-state index contributed by atoms with van der Waals surface area (Å²) in [5.41, 5.74) is 3.21. The third-order valence-corrected chi connectivity index (χ3v) is 9.73. The van der Waals surface area contributed by atoms with Gasteiger partial charge in [-0.15, -0.1) is 0 Å². The second kappa shape index (κ2) is 11.5. The zero-order valence-corrected chi connectivity index (χ0v) is 28.8. The molecule has 1 aliphatic carbocycles. The molecule has 1 N–H and O–H groups in total. The van der Waals surface area contributed by atoms with Crippen molar-refractivity contribution in [3.63, 3.8) is 0 Å². The van der Waals surface area contributed by atoms with Crippen LogP contribution >= 0.6 is 0 Å². The van der Waals surface area contributed by atoms with E-state index < -0.39 is 0 Å². The molecule has 0 amide bonds. The van der Waals surface area contributed by atoms with Crippen LogP contribution in [0.1, 0.15) is 108 Å². The maximum atomic E-state index is 13.6. The van der Waals surface area contributed by atoms with Crippen LogP contribution < -0.4 is 5.32 Å². The van der Waals surface area contributed by atoms with Crippen LogP contribution in [0, 0.1) is 10.8 Å². The Morgan fingerprint density at radius 2 is 1.17 bits per heavy atom. The highest BCUT2D eigenvalue weighted by atomic mass is 16.5. The van der Waals surface area contributed by atoms with Gasteiger partial charge in [-0.05, 0) is 121 Å². The lowest BCUT2D eigenvalue weighted by Crippen LogP contribution is -2.59. The predicted molar refractivity (Wildman–Crippen MR) is 187 cm³/mol. The van der Waals surface area contributed by atoms with E-state index in [-0.39, 0.29) is 46.1 Å². The van der Waals surface area contributed by atoms with Crippen molar-refractivity contribution in [3.05, 3.63) is 83.9 Å². The fourth-order valence-corrected chi connectivity index (χ4v) is 8.76. The number of piperidine rings is 1. The summed E-state index contributed by atoms with van der Waals surface area (Å²) in [5, 5.41) is 7.54. The quantitative estimate of drug-likeness (QED) is 0.225. The number of carbonyl (C=O) groups is 2. The Balaban J connectivity index is 1.25. The van der Waals surface area contributed by atoms with Gasteiger partial charge in [-0.3, -0.25) is 0 Å². The molecule has 1 saturated heterocycles. The van der Waals surface area contributed by atoms with Gasteiger partial charge < -0.3 is 14.8 Å². The smallest absolute Gasteiger partial charge is 0.339 e. The van der Waals surface area contributed by atoms with Crippen LogP contribution in [0.25, 0.3) is 32.7 Å². The molecule has 1 aliphatic heterocycles. The first-order valence-electron chi connectivity index (χ1n) is 16.8. The van der Waals surface area contributed by atoms with E-state index in [4.69, 9.17) is 9.47 Å². The zero-order valence-electron chi connectivity index (χ0n) is 28.8. The van der Waals surface area contributed by atoms with Crippen molar-refractivity contribution in [1.29, 1.82) is 0 Å². The largest absolute Gasteiger partial charge is 0.459 e. The van der Waals surface area contributed by atoms with Gasteiger partial charge in [-0.1, -0.05) is 70.2 Å². The molecule has 0 unspecified atom stereocenters. The van der Waals surface area contributed by atoms with E-state index in [1.54, 1.807) is 0 Å². The molecule has 4 aromatic rings. The lowest BCUT2D eigenvalue weighted by molar-refractivity contribution is -0.0282. The van der Waals surface area contributed by atoms with E-state index in [9.17, 15) is 9.59 Å². The third-order valence-electron chi connectivity index (χ3n) is 9.73. The second-order valence-electron chi connectivity index (χ2n) is 16.8. The molecular weight excluding hydrogens is 570 g/mol. The van der Waals surface area contributed by atoms with Crippen molar-refractivity contribution < 1.29 is 19.1 Å². The first kappa shape index (κ1) is 32.2. The minimum absolute atomic E-state index is 0.0983. The Labute approximate surface area is 274 Å². The van der Waals surface area contributed by atoms with Crippen LogP contribution in [-0.4, -0.2) is 35.2 Å². The topological polar surface area (TPSA) is 64.6 Å². The summed E-state index contributed by atoms with van der Waals surface area (Å²) in [4.78, 5) is 26.9. The molecule has 0 radical (unpaired) electrons. The highest BCUT2D eigenvalue weighted by Gasteiger charge is 2.41. The lowest BCUT2D eigenvalue weighted by atomic mass is 9.64. The number of esters is 2. The molecule has 5 heteroatoms. The normalized spacial score (nSPS) is 20.8. The van der Waals surface area contributed by atoms with Crippen molar-refractivity contribution in [3.8, 4) is 11.1 Å². The molecule has 0 spiro atoms. The van der Waals surface area contributed by atoms with Gasteiger partial charge in [0.2, 0.25) is 0 Å². The van der Waals surface area contributed by atoms with E-state index in [0.29, 0.717) is 11.1 Å². The van der Waals surface area contributed by atoms with Gasteiger partial charge in [-0.2, -0.15) is 0 Å². The van der Waals surface area contributed by atoms with Gasteiger partial charge in [0, 0.05) is 23.9 Å². The Hall–Kier alpha value is -3.70. The fourth-order valence-electron chi connectivity index (χ4n) is 8.76. The Morgan fingerprint density at radius 3 is 1.85 bits per heavy atom. The van der Waals surface area contributed by atoms with Gasteiger partial charge in [0.1, 0.15) is 12.2 Å². The number of ether oxygens (including phenoxy) is 2. The zero-order chi connectivity index (χ0) is 33.1. The van der Waals surface area contributed by atoms with E-state index in [1.807, 2.05) is 36.4 Å². The standard InChI is InChI=1S/C41H49NO4/c1-38(2)21-32(22-39(3,4)25-38)46-37(44)34-11-9-10-27-14-16-29(20-35(27)34)28-15-12-26-13-17-30(19-31(26)18-28)36(43)45-33-23-40(5,6)42-41(7,8)24-33/h9-20,32-33,42H,21-25H2,1-8H3. The molecule has 6 rings (SSSR count). The number of hydrogen-bond donors (Lipinski definition) is 1. The minimum atomic E-state index is -0.288. The predicted octanol–water partition coefficient (Wildman–Crippen LogP) is 9.89. The number of hydrogen-bond acceptors (Lipinski definition) is 5. The molecule has 2 fully saturated rings. The molecule has 46 heavy (non-hydrogen) atoms. The molecule has 1 heterocycles. The van der Waals surface area contributed by atoms with Crippen molar-refractivity contribution in [2.75, 3.05) is 0 Å². The van der Waals surface area contributed by atoms with E-state index in [0.717, 1.165) is 64.8 Å². The minimum Gasteiger partial charge on any atom is -0.459 e. The summed E-state index contributed by atoms with van der Waals surface area (Å²) in [6.07, 6.45) is 4.17. The molecule has 242 valence electrons. The third kappa shape index (κ3) is 7.15. The lowest BCUT2D eigenvalue weighted by Gasteiger charge is -2.45. The summed E-state index contributed by atoms with van der Waals surface area (Å²) < 4.78 is 12.2. The maximum absolute atomic E-state index is 13.6. The molecule has 0 atom stereocenters.